The summed E-state index contributed by atoms with van der Waals surface area (Å²) in [4.78, 5) is 0. The maximum Gasteiger partial charge on any atom is 0.156 e. The molecule has 21 heavy (non-hydrogen) atoms. The van der Waals surface area contributed by atoms with Crippen LogP contribution in [0.15, 0.2) is 42.5 Å². The molecule has 0 radical (unpaired) electrons. The molecular weight excluding hydrogens is 282 g/mol. The Morgan fingerprint density at radius 2 is 1.81 bits per heavy atom. The van der Waals surface area contributed by atoms with Gasteiger partial charge in [0.1, 0.15) is 5.69 Å². The van der Waals surface area contributed by atoms with Crippen molar-refractivity contribution in [3.8, 4) is 11.3 Å². The third-order valence-electron chi connectivity index (χ3n) is 3.48. The lowest BCUT2D eigenvalue weighted by molar-refractivity contribution is 1.03. The number of aromatic nitrogens is 2. The number of nitrogens with zero attached hydrogens (tertiary/aromatic N) is 2. The predicted molar refractivity (Wildman–Crippen MR) is 88.9 cm³/mol. The van der Waals surface area contributed by atoms with Crippen molar-refractivity contribution in [3.05, 3.63) is 53.1 Å². The van der Waals surface area contributed by atoms with Gasteiger partial charge in [-0.2, -0.15) is 0 Å². The summed E-state index contributed by atoms with van der Waals surface area (Å²) >= 11 is 6.24. The maximum absolute atomic E-state index is 6.24. The number of nitrogens with one attached hydrogen (secondary N) is 1. The highest BCUT2D eigenvalue weighted by atomic mass is 35.5. The van der Waals surface area contributed by atoms with E-state index in [2.05, 4.69) is 27.6 Å². The third-order valence-corrected chi connectivity index (χ3v) is 3.88. The molecule has 0 aliphatic rings. The molecule has 3 nitrogen and oxygen atoms in total. The van der Waals surface area contributed by atoms with Crippen LogP contribution in [0.4, 0.5) is 5.82 Å². The first-order valence-corrected chi connectivity index (χ1v) is 7.34. The van der Waals surface area contributed by atoms with Crippen molar-refractivity contribution in [2.75, 3.05) is 11.9 Å². The molecule has 0 aliphatic heterocycles. The van der Waals surface area contributed by atoms with Gasteiger partial charge in [0.2, 0.25) is 0 Å². The number of benzene rings is 2. The molecule has 4 heteroatoms. The highest BCUT2D eigenvalue weighted by Crippen LogP contribution is 2.31. The van der Waals surface area contributed by atoms with E-state index in [0.29, 0.717) is 0 Å². The molecule has 0 atom stereocenters. The van der Waals surface area contributed by atoms with Crippen LogP contribution in [-0.4, -0.2) is 16.7 Å². The van der Waals surface area contributed by atoms with Gasteiger partial charge in [0, 0.05) is 27.9 Å². The van der Waals surface area contributed by atoms with Crippen LogP contribution in [0, 0.1) is 6.92 Å². The van der Waals surface area contributed by atoms with Crippen molar-refractivity contribution >= 4 is 28.2 Å². The molecule has 0 bridgehead atoms. The largest absolute Gasteiger partial charge is 0.368 e. The summed E-state index contributed by atoms with van der Waals surface area (Å²) in [6.07, 6.45) is 0. The summed E-state index contributed by atoms with van der Waals surface area (Å²) < 4.78 is 0. The van der Waals surface area contributed by atoms with Gasteiger partial charge in [-0.25, -0.2) is 0 Å². The molecule has 1 N–H and O–H groups in total. The summed E-state index contributed by atoms with van der Waals surface area (Å²) in [7, 11) is 0. The monoisotopic (exact) mass is 297 g/mol. The molecule has 0 amide bonds. The summed E-state index contributed by atoms with van der Waals surface area (Å²) in [5, 5.41) is 14.9. The van der Waals surface area contributed by atoms with E-state index in [0.717, 1.165) is 45.0 Å². The van der Waals surface area contributed by atoms with Gasteiger partial charge in [0.05, 0.1) is 0 Å². The average molecular weight is 298 g/mol. The second kappa shape index (κ2) is 5.70. The van der Waals surface area contributed by atoms with E-state index < -0.39 is 0 Å². The minimum Gasteiger partial charge on any atom is -0.368 e. The second-order valence-electron chi connectivity index (χ2n) is 4.94. The Morgan fingerprint density at radius 1 is 1.05 bits per heavy atom. The first-order chi connectivity index (χ1) is 10.2. The zero-order chi connectivity index (χ0) is 14.8. The van der Waals surface area contributed by atoms with Crippen molar-refractivity contribution in [1.29, 1.82) is 0 Å². The molecule has 0 fully saturated rings. The lowest BCUT2D eigenvalue weighted by atomic mass is 10.0. The summed E-state index contributed by atoms with van der Waals surface area (Å²) in [5.74, 6) is 0.815. The van der Waals surface area contributed by atoms with Gasteiger partial charge in [0.25, 0.3) is 0 Å². The smallest absolute Gasteiger partial charge is 0.156 e. The normalized spacial score (nSPS) is 10.8. The van der Waals surface area contributed by atoms with Crippen LogP contribution in [0.2, 0.25) is 5.02 Å². The van der Waals surface area contributed by atoms with Crippen LogP contribution < -0.4 is 5.32 Å². The lowest BCUT2D eigenvalue weighted by Gasteiger charge is -2.10. The first-order valence-electron chi connectivity index (χ1n) is 6.96. The Bertz CT molecular complexity index is 799. The maximum atomic E-state index is 6.24. The Hall–Kier alpha value is -2.13. The second-order valence-corrected chi connectivity index (χ2v) is 5.34. The molecular formula is C17H16ClN3. The molecule has 0 saturated heterocycles. The van der Waals surface area contributed by atoms with E-state index in [9.17, 15) is 0 Å². The zero-order valence-electron chi connectivity index (χ0n) is 12.0. The minimum absolute atomic E-state index is 0.745. The van der Waals surface area contributed by atoms with Crippen LogP contribution in [0.25, 0.3) is 22.0 Å². The number of halogens is 1. The van der Waals surface area contributed by atoms with Gasteiger partial charge in [0.15, 0.2) is 5.82 Å². The fourth-order valence-corrected chi connectivity index (χ4v) is 2.54. The molecule has 3 rings (SSSR count). The highest BCUT2D eigenvalue weighted by Gasteiger charge is 2.11. The van der Waals surface area contributed by atoms with E-state index in [1.54, 1.807) is 0 Å². The Balaban J connectivity index is 2.23. The average Bonchev–Trinajstić information content (AvgIpc) is 2.51. The van der Waals surface area contributed by atoms with Crippen molar-refractivity contribution in [1.82, 2.24) is 10.2 Å². The molecule has 3 aromatic rings. The van der Waals surface area contributed by atoms with Gasteiger partial charge in [-0.05, 0) is 25.5 Å². The van der Waals surface area contributed by atoms with Crippen molar-refractivity contribution in [3.63, 3.8) is 0 Å². The summed E-state index contributed by atoms with van der Waals surface area (Å²) in [5.41, 5.74) is 2.90. The van der Waals surface area contributed by atoms with Crippen LogP contribution in [-0.2, 0) is 0 Å². The number of hydrogen-bond donors (Lipinski definition) is 1. The summed E-state index contributed by atoms with van der Waals surface area (Å²) in [6, 6.07) is 14.1. The van der Waals surface area contributed by atoms with Gasteiger partial charge in [-0.15, -0.1) is 10.2 Å². The molecule has 2 aromatic carbocycles. The molecule has 0 unspecified atom stereocenters. The standard InChI is InChI=1S/C17H16ClN3/c1-3-19-17-14-7-5-4-6-13(14)16(20-21-17)12-9-8-11(2)15(18)10-12/h4-10H,3H2,1-2H3,(H,19,21). The fraction of sp³-hybridized carbons (Fsp3) is 0.176. The van der Waals surface area contributed by atoms with E-state index in [4.69, 9.17) is 11.6 Å². The Kier molecular flexibility index (Phi) is 3.76. The minimum atomic E-state index is 0.745. The highest BCUT2D eigenvalue weighted by molar-refractivity contribution is 6.31. The van der Waals surface area contributed by atoms with E-state index in [1.807, 2.05) is 44.2 Å². The fourth-order valence-electron chi connectivity index (χ4n) is 2.36. The lowest BCUT2D eigenvalue weighted by Crippen LogP contribution is -2.02. The Labute approximate surface area is 129 Å². The molecule has 106 valence electrons. The van der Waals surface area contributed by atoms with Crippen LogP contribution in [0.5, 0.6) is 0 Å². The van der Waals surface area contributed by atoms with Crippen LogP contribution in [0.1, 0.15) is 12.5 Å². The van der Waals surface area contributed by atoms with Gasteiger partial charge in [-0.1, -0.05) is 48.0 Å². The molecule has 0 saturated carbocycles. The van der Waals surface area contributed by atoms with Gasteiger partial charge < -0.3 is 5.32 Å². The van der Waals surface area contributed by atoms with Gasteiger partial charge >= 0.3 is 0 Å². The van der Waals surface area contributed by atoms with Crippen molar-refractivity contribution < 1.29 is 0 Å². The first kappa shape index (κ1) is 13.8. The molecule has 0 aliphatic carbocycles. The number of aryl methyl sites for hydroxylation is 1. The zero-order valence-corrected chi connectivity index (χ0v) is 12.8. The molecule has 1 aromatic heterocycles. The van der Waals surface area contributed by atoms with Crippen LogP contribution in [0.3, 0.4) is 0 Å². The quantitative estimate of drug-likeness (QED) is 0.762. The molecule has 0 spiro atoms. The van der Waals surface area contributed by atoms with Gasteiger partial charge in [-0.3, -0.25) is 0 Å². The topological polar surface area (TPSA) is 37.8 Å². The van der Waals surface area contributed by atoms with E-state index in [-0.39, 0.29) is 0 Å². The number of rotatable bonds is 3. The van der Waals surface area contributed by atoms with E-state index in [1.165, 1.54) is 0 Å². The number of hydrogen-bond acceptors (Lipinski definition) is 3. The van der Waals surface area contributed by atoms with E-state index >= 15 is 0 Å². The summed E-state index contributed by atoms with van der Waals surface area (Å²) in [6.45, 7) is 4.85. The molecule has 1 heterocycles. The predicted octanol–water partition coefficient (Wildman–Crippen LogP) is 4.69. The van der Waals surface area contributed by atoms with Crippen molar-refractivity contribution in [2.45, 2.75) is 13.8 Å². The number of anilines is 1. The van der Waals surface area contributed by atoms with Crippen molar-refractivity contribution in [2.24, 2.45) is 0 Å². The Morgan fingerprint density at radius 3 is 2.52 bits per heavy atom. The SMILES string of the molecule is CCNc1nnc(-c2ccc(C)c(Cl)c2)c2ccccc12. The van der Waals surface area contributed by atoms with Crippen LogP contribution >= 0.6 is 11.6 Å². The third kappa shape index (κ3) is 2.57. The number of fused-ring (bicyclic) bond motifs is 1.